The number of hydrogen-bond acceptors (Lipinski definition) is 6. The largest absolute Gasteiger partial charge is 0.355 e. The molecule has 0 N–H and O–H groups in total. The van der Waals surface area contributed by atoms with E-state index in [0.29, 0.717) is 16.4 Å². The second kappa shape index (κ2) is 8.88. The van der Waals surface area contributed by atoms with E-state index in [-0.39, 0.29) is 42.3 Å². The lowest BCUT2D eigenvalue weighted by Gasteiger charge is -1.90. The second-order valence-corrected chi connectivity index (χ2v) is 6.02. The molecule has 0 aliphatic rings. The number of carbonyl (C=O) groups excluding carboxylic acids is 2. The van der Waals surface area contributed by atoms with Crippen LogP contribution >= 0.6 is 15.9 Å². The van der Waals surface area contributed by atoms with Crippen molar-refractivity contribution in [2.24, 2.45) is 0 Å². The zero-order valence-electron chi connectivity index (χ0n) is 14.4. The Labute approximate surface area is 167 Å². The van der Waals surface area contributed by atoms with Crippen molar-refractivity contribution >= 4 is 57.8 Å². The van der Waals surface area contributed by atoms with Crippen LogP contribution in [0.25, 0.3) is 21.9 Å². The molecule has 4 aromatic rings. The fraction of sp³-hybridized carbons (Fsp3) is 0.111. The Balaban J connectivity index is 0.000000194. The third-order valence-electron chi connectivity index (χ3n) is 3.59. The monoisotopic (exact) mass is 447 g/mol. The van der Waals surface area contributed by atoms with E-state index < -0.39 is 11.6 Å². The Hall–Kier alpha value is -2.88. The third kappa shape index (κ3) is 4.33. The molecule has 28 heavy (non-hydrogen) atoms. The van der Waals surface area contributed by atoms with Crippen molar-refractivity contribution < 1.29 is 27.4 Å². The molecular formula is C18H11BBrF2N2O4. The molecule has 2 heterocycles. The molecular weight excluding hydrogens is 437 g/mol. The van der Waals surface area contributed by atoms with E-state index in [1.807, 2.05) is 0 Å². The number of halogens is 3. The van der Waals surface area contributed by atoms with E-state index >= 15 is 0 Å². The maximum Gasteiger partial charge on any atom is 0.195 e. The van der Waals surface area contributed by atoms with Gasteiger partial charge in [0.1, 0.15) is 11.6 Å². The van der Waals surface area contributed by atoms with E-state index in [9.17, 15) is 18.4 Å². The minimum Gasteiger partial charge on any atom is -0.355 e. The van der Waals surface area contributed by atoms with Gasteiger partial charge < -0.3 is 9.05 Å². The van der Waals surface area contributed by atoms with E-state index in [0.717, 1.165) is 0 Å². The number of hydrogen-bond donors (Lipinski definition) is 0. The maximum absolute atomic E-state index is 12.7. The lowest BCUT2D eigenvalue weighted by Crippen LogP contribution is -2.00. The summed E-state index contributed by atoms with van der Waals surface area (Å²) in [6, 6.07) is 7.91. The van der Waals surface area contributed by atoms with Gasteiger partial charge in [-0.15, -0.1) is 0 Å². The number of ketones is 2. The zero-order chi connectivity index (χ0) is 19.6. The second-order valence-electron chi connectivity index (χ2n) is 5.46. The van der Waals surface area contributed by atoms with Crippen LogP contribution in [0.15, 0.2) is 45.4 Å². The molecule has 0 unspecified atom stereocenters. The summed E-state index contributed by atoms with van der Waals surface area (Å²) in [7, 11) is 0. The highest BCUT2D eigenvalue weighted by Crippen LogP contribution is 2.20. The first kappa shape index (κ1) is 21.4. The lowest BCUT2D eigenvalue weighted by molar-refractivity contribution is 0.100. The normalized spacial score (nSPS) is 10.3. The fourth-order valence-corrected chi connectivity index (χ4v) is 2.61. The van der Waals surface area contributed by atoms with Gasteiger partial charge >= 0.3 is 0 Å². The number of fused-ring (bicyclic) bond motifs is 2. The van der Waals surface area contributed by atoms with Crippen LogP contribution in [0, 0.1) is 11.6 Å². The van der Waals surface area contributed by atoms with Gasteiger partial charge in [-0.2, -0.15) is 0 Å². The maximum atomic E-state index is 12.7. The van der Waals surface area contributed by atoms with Crippen LogP contribution in [0.5, 0.6) is 0 Å². The fourth-order valence-electron chi connectivity index (χ4n) is 2.34. The first-order chi connectivity index (χ1) is 12.9. The molecule has 3 radical (unpaired) electrons. The van der Waals surface area contributed by atoms with Gasteiger partial charge in [0.15, 0.2) is 34.1 Å². The Morgan fingerprint density at radius 1 is 0.929 bits per heavy atom. The topological polar surface area (TPSA) is 86.2 Å². The Bertz CT molecular complexity index is 1160. The number of Topliss-reactive ketones (excluding diaryl/α,β-unsaturated/α-hetero) is 2. The summed E-state index contributed by atoms with van der Waals surface area (Å²) in [6.45, 7) is 1.39. The van der Waals surface area contributed by atoms with E-state index in [2.05, 4.69) is 26.2 Å². The highest BCUT2D eigenvalue weighted by Gasteiger charge is 2.15. The van der Waals surface area contributed by atoms with Gasteiger partial charge in [0.2, 0.25) is 0 Å². The minimum absolute atomic E-state index is 0. The molecule has 141 valence electrons. The van der Waals surface area contributed by atoms with Crippen LogP contribution in [0.2, 0.25) is 0 Å². The van der Waals surface area contributed by atoms with Crippen molar-refractivity contribution in [2.75, 3.05) is 5.33 Å². The molecule has 0 amide bonds. The summed E-state index contributed by atoms with van der Waals surface area (Å²) in [4.78, 5) is 22.3. The highest BCUT2D eigenvalue weighted by molar-refractivity contribution is 9.09. The molecule has 4 rings (SSSR count). The van der Waals surface area contributed by atoms with Gasteiger partial charge in [-0.05, 0) is 24.3 Å². The van der Waals surface area contributed by atoms with E-state index in [4.69, 9.17) is 9.05 Å². The number of benzene rings is 2. The number of aromatic nitrogens is 2. The average molecular weight is 448 g/mol. The van der Waals surface area contributed by atoms with Crippen LogP contribution in [0.4, 0.5) is 8.78 Å². The molecule has 6 nitrogen and oxygen atoms in total. The number of rotatable bonds is 3. The summed E-state index contributed by atoms with van der Waals surface area (Å²) in [6.07, 6.45) is 0. The molecule has 0 saturated carbocycles. The van der Waals surface area contributed by atoms with Gasteiger partial charge in [-0.1, -0.05) is 26.2 Å². The van der Waals surface area contributed by atoms with E-state index in [1.165, 1.54) is 43.3 Å². The number of carbonyl (C=O) groups is 2. The van der Waals surface area contributed by atoms with Crippen molar-refractivity contribution in [3.05, 3.63) is 59.4 Å². The van der Waals surface area contributed by atoms with Crippen molar-refractivity contribution in [1.82, 2.24) is 10.3 Å². The first-order valence-corrected chi connectivity index (χ1v) is 8.73. The highest BCUT2D eigenvalue weighted by atomic mass is 79.9. The lowest BCUT2D eigenvalue weighted by atomic mass is 10.2. The van der Waals surface area contributed by atoms with Crippen LogP contribution in [-0.4, -0.2) is 35.6 Å². The average Bonchev–Trinajstić information content (AvgIpc) is 3.24. The molecule has 0 aliphatic heterocycles. The van der Waals surface area contributed by atoms with Gasteiger partial charge in [-0.3, -0.25) is 9.59 Å². The van der Waals surface area contributed by atoms with Crippen LogP contribution < -0.4 is 0 Å². The van der Waals surface area contributed by atoms with Crippen molar-refractivity contribution in [1.29, 1.82) is 0 Å². The van der Waals surface area contributed by atoms with Crippen LogP contribution in [0.1, 0.15) is 27.9 Å². The molecule has 2 aromatic heterocycles. The molecule has 10 heteroatoms. The predicted octanol–water partition coefficient (Wildman–Crippen LogP) is 4.33. The summed E-state index contributed by atoms with van der Waals surface area (Å²) in [5.41, 5.74) is 1.06. The third-order valence-corrected chi connectivity index (χ3v) is 4.10. The summed E-state index contributed by atoms with van der Waals surface area (Å²) in [5, 5.41) is 8.39. The van der Waals surface area contributed by atoms with Gasteiger partial charge in [0.25, 0.3) is 0 Å². The van der Waals surface area contributed by atoms with Crippen LogP contribution in [0.3, 0.4) is 0 Å². The molecule has 0 bridgehead atoms. The van der Waals surface area contributed by atoms with Gasteiger partial charge in [0, 0.05) is 27.5 Å². The molecule has 2 aromatic carbocycles. The molecule has 0 saturated heterocycles. The van der Waals surface area contributed by atoms with Gasteiger partial charge in [-0.25, -0.2) is 8.78 Å². The summed E-state index contributed by atoms with van der Waals surface area (Å²) >= 11 is 3.03. The molecule has 0 atom stereocenters. The van der Waals surface area contributed by atoms with Crippen molar-refractivity contribution in [2.45, 2.75) is 6.92 Å². The quantitative estimate of drug-likeness (QED) is 0.264. The number of alkyl halides is 1. The molecule has 0 spiro atoms. The Morgan fingerprint density at radius 3 is 1.86 bits per heavy atom. The van der Waals surface area contributed by atoms with E-state index in [1.54, 1.807) is 0 Å². The molecule has 0 aliphatic carbocycles. The Kier molecular flexibility index (Phi) is 6.79. The standard InChI is InChI=1S/C9H5BrFNO2.C9H6FNO2.B/c10-4-7(13)9-6-2-1-5(11)3-8(6)14-12-9;1-5(12)9-7-3-2-6(10)4-8(7)13-11-9;/h1-3H,4H2;2-4H,1H3;. The SMILES string of the molecule is CC(=O)c1noc2cc(F)ccc12.O=C(CBr)c1noc2cc(F)ccc12.[B]. The summed E-state index contributed by atoms with van der Waals surface area (Å²) < 4.78 is 35.0. The summed E-state index contributed by atoms with van der Waals surface area (Å²) in [5.74, 6) is -1.19. The zero-order valence-corrected chi connectivity index (χ0v) is 16.0. The smallest absolute Gasteiger partial charge is 0.195 e. The van der Waals surface area contributed by atoms with Crippen LogP contribution in [-0.2, 0) is 0 Å². The number of nitrogens with zero attached hydrogens (tertiary/aromatic N) is 2. The van der Waals surface area contributed by atoms with Gasteiger partial charge in [0.05, 0.1) is 16.1 Å². The Morgan fingerprint density at radius 2 is 1.39 bits per heavy atom. The predicted molar refractivity (Wildman–Crippen MR) is 102 cm³/mol. The minimum atomic E-state index is -0.411. The molecule has 0 fully saturated rings. The van der Waals surface area contributed by atoms with Crippen molar-refractivity contribution in [3.63, 3.8) is 0 Å². The first-order valence-electron chi connectivity index (χ1n) is 7.60. The van der Waals surface area contributed by atoms with Crippen molar-refractivity contribution in [3.8, 4) is 0 Å².